The number of benzene rings is 2. The van der Waals surface area contributed by atoms with E-state index in [0.717, 1.165) is 24.0 Å². The standard InChI is InChI=1S/C17H18N2O2/c1-18-9-10-19-15-6-4-3-5-13(15)14-8-7-12(11-16(14)19)17(20)21-2/h3-8,11,18H,9-10H2,1-2H3. The molecular weight excluding hydrogens is 264 g/mol. The predicted molar refractivity (Wildman–Crippen MR) is 84.7 cm³/mol. The highest BCUT2D eigenvalue weighted by molar-refractivity contribution is 6.09. The molecule has 1 N–H and O–H groups in total. The number of nitrogens with one attached hydrogen (secondary N) is 1. The lowest BCUT2D eigenvalue weighted by Crippen LogP contribution is -2.14. The van der Waals surface area contributed by atoms with Crippen LogP contribution in [0.5, 0.6) is 0 Å². The summed E-state index contributed by atoms with van der Waals surface area (Å²) in [7, 11) is 3.34. The van der Waals surface area contributed by atoms with Gasteiger partial charge in [0, 0.05) is 34.9 Å². The summed E-state index contributed by atoms with van der Waals surface area (Å²) in [4.78, 5) is 11.8. The number of fused-ring (bicyclic) bond motifs is 3. The number of likely N-dealkylation sites (N-methyl/N-ethyl adjacent to an activating group) is 1. The summed E-state index contributed by atoms with van der Waals surface area (Å²) in [5.74, 6) is -0.303. The molecule has 0 aliphatic carbocycles. The fraction of sp³-hybridized carbons (Fsp3) is 0.235. The summed E-state index contributed by atoms with van der Waals surface area (Å²) in [6.45, 7) is 1.72. The van der Waals surface area contributed by atoms with Crippen molar-refractivity contribution in [3.05, 3.63) is 48.0 Å². The van der Waals surface area contributed by atoms with Crippen LogP contribution in [0.25, 0.3) is 21.8 Å². The van der Waals surface area contributed by atoms with Gasteiger partial charge in [-0.3, -0.25) is 0 Å². The maximum Gasteiger partial charge on any atom is 0.337 e. The van der Waals surface area contributed by atoms with Gasteiger partial charge in [0.15, 0.2) is 0 Å². The van der Waals surface area contributed by atoms with Gasteiger partial charge >= 0.3 is 5.97 Å². The number of rotatable bonds is 4. The van der Waals surface area contributed by atoms with Crippen molar-refractivity contribution in [3.8, 4) is 0 Å². The lowest BCUT2D eigenvalue weighted by Gasteiger charge is -2.07. The zero-order valence-corrected chi connectivity index (χ0v) is 12.2. The van der Waals surface area contributed by atoms with E-state index in [4.69, 9.17) is 4.74 Å². The normalized spacial score (nSPS) is 11.1. The monoisotopic (exact) mass is 282 g/mol. The third-order valence-corrected chi connectivity index (χ3v) is 3.78. The van der Waals surface area contributed by atoms with Crippen LogP contribution in [-0.4, -0.2) is 31.2 Å². The van der Waals surface area contributed by atoms with Crippen LogP contribution in [-0.2, 0) is 11.3 Å². The molecule has 21 heavy (non-hydrogen) atoms. The van der Waals surface area contributed by atoms with E-state index in [1.54, 1.807) is 0 Å². The Labute approximate surface area is 123 Å². The molecule has 0 saturated heterocycles. The zero-order chi connectivity index (χ0) is 14.8. The molecule has 0 unspecified atom stereocenters. The van der Waals surface area contributed by atoms with E-state index in [0.29, 0.717) is 5.56 Å². The van der Waals surface area contributed by atoms with Crippen molar-refractivity contribution in [2.75, 3.05) is 20.7 Å². The maximum atomic E-state index is 11.8. The van der Waals surface area contributed by atoms with Crippen molar-refractivity contribution in [2.45, 2.75) is 6.54 Å². The summed E-state index contributed by atoms with van der Waals surface area (Å²) in [5.41, 5.74) is 2.83. The summed E-state index contributed by atoms with van der Waals surface area (Å²) in [6, 6.07) is 14.0. The van der Waals surface area contributed by atoms with Crippen molar-refractivity contribution >= 4 is 27.8 Å². The Morgan fingerprint density at radius 1 is 1.14 bits per heavy atom. The van der Waals surface area contributed by atoms with Crippen LogP contribution in [0.1, 0.15) is 10.4 Å². The molecule has 0 radical (unpaired) electrons. The molecular formula is C17H18N2O2. The first-order valence-electron chi connectivity index (χ1n) is 7.00. The molecule has 0 saturated carbocycles. The third kappa shape index (κ3) is 2.28. The number of carbonyl (C=O) groups excluding carboxylic acids is 1. The summed E-state index contributed by atoms with van der Waals surface area (Å²) >= 11 is 0. The average molecular weight is 282 g/mol. The Bertz CT molecular complexity index is 805. The molecule has 0 bridgehead atoms. The molecule has 0 amide bonds. The molecule has 0 atom stereocenters. The number of methoxy groups -OCH3 is 1. The number of nitrogens with zero attached hydrogens (tertiary/aromatic N) is 1. The molecule has 0 aliphatic rings. The first-order valence-corrected chi connectivity index (χ1v) is 7.00. The minimum Gasteiger partial charge on any atom is -0.465 e. The number of carbonyl (C=O) groups is 1. The van der Waals surface area contributed by atoms with Crippen LogP contribution in [0, 0.1) is 0 Å². The third-order valence-electron chi connectivity index (χ3n) is 3.78. The molecule has 0 aliphatic heterocycles. The number of aromatic nitrogens is 1. The molecule has 0 spiro atoms. The Kier molecular flexibility index (Phi) is 3.62. The topological polar surface area (TPSA) is 43.3 Å². The smallest absolute Gasteiger partial charge is 0.337 e. The van der Waals surface area contributed by atoms with E-state index in [2.05, 4.69) is 22.0 Å². The number of para-hydroxylation sites is 1. The van der Waals surface area contributed by atoms with E-state index in [1.807, 2.05) is 37.4 Å². The van der Waals surface area contributed by atoms with E-state index < -0.39 is 0 Å². The Morgan fingerprint density at radius 3 is 2.67 bits per heavy atom. The molecule has 1 heterocycles. The largest absolute Gasteiger partial charge is 0.465 e. The summed E-state index contributed by atoms with van der Waals surface area (Å²) < 4.78 is 7.06. The van der Waals surface area contributed by atoms with E-state index in [9.17, 15) is 4.79 Å². The van der Waals surface area contributed by atoms with E-state index in [1.165, 1.54) is 18.0 Å². The second-order valence-corrected chi connectivity index (χ2v) is 5.00. The van der Waals surface area contributed by atoms with Crippen LogP contribution in [0.3, 0.4) is 0 Å². The van der Waals surface area contributed by atoms with Crippen molar-refractivity contribution in [1.82, 2.24) is 9.88 Å². The number of ether oxygens (including phenoxy) is 1. The predicted octanol–water partition coefficient (Wildman–Crippen LogP) is 2.80. The van der Waals surface area contributed by atoms with Gasteiger partial charge in [-0.05, 0) is 25.2 Å². The van der Waals surface area contributed by atoms with Crippen molar-refractivity contribution in [3.63, 3.8) is 0 Å². The second kappa shape index (κ2) is 5.58. The fourth-order valence-corrected chi connectivity index (χ4v) is 2.76. The average Bonchev–Trinajstić information content (AvgIpc) is 2.85. The van der Waals surface area contributed by atoms with Gasteiger partial charge in [-0.15, -0.1) is 0 Å². The molecule has 4 heteroatoms. The Morgan fingerprint density at radius 2 is 1.90 bits per heavy atom. The SMILES string of the molecule is CNCCn1c2ccccc2c2ccc(C(=O)OC)cc21. The molecule has 4 nitrogen and oxygen atoms in total. The van der Waals surface area contributed by atoms with Crippen molar-refractivity contribution in [2.24, 2.45) is 0 Å². The molecule has 108 valence electrons. The molecule has 3 rings (SSSR count). The van der Waals surface area contributed by atoms with Gasteiger partial charge in [-0.1, -0.05) is 24.3 Å². The van der Waals surface area contributed by atoms with Crippen molar-refractivity contribution < 1.29 is 9.53 Å². The Hall–Kier alpha value is -2.33. The second-order valence-electron chi connectivity index (χ2n) is 5.00. The van der Waals surface area contributed by atoms with Crippen LogP contribution in [0.2, 0.25) is 0 Å². The van der Waals surface area contributed by atoms with E-state index in [-0.39, 0.29) is 5.97 Å². The summed E-state index contributed by atoms with van der Waals surface area (Å²) in [6.07, 6.45) is 0. The fourth-order valence-electron chi connectivity index (χ4n) is 2.76. The van der Waals surface area contributed by atoms with Gasteiger partial charge in [0.25, 0.3) is 0 Å². The minimum atomic E-state index is -0.303. The van der Waals surface area contributed by atoms with Gasteiger partial charge in [-0.2, -0.15) is 0 Å². The quantitative estimate of drug-likeness (QED) is 0.748. The van der Waals surface area contributed by atoms with Gasteiger partial charge in [0.05, 0.1) is 12.7 Å². The van der Waals surface area contributed by atoms with Gasteiger partial charge in [0.1, 0.15) is 0 Å². The molecule has 3 aromatic rings. The highest BCUT2D eigenvalue weighted by Crippen LogP contribution is 2.29. The first-order chi connectivity index (χ1) is 10.3. The van der Waals surface area contributed by atoms with Gasteiger partial charge in [0.2, 0.25) is 0 Å². The van der Waals surface area contributed by atoms with Crippen molar-refractivity contribution in [1.29, 1.82) is 0 Å². The Balaban J connectivity index is 2.28. The van der Waals surface area contributed by atoms with Gasteiger partial charge in [-0.25, -0.2) is 4.79 Å². The lowest BCUT2D eigenvalue weighted by atomic mass is 10.1. The van der Waals surface area contributed by atoms with Crippen LogP contribution in [0.4, 0.5) is 0 Å². The first kappa shape index (κ1) is 13.6. The van der Waals surface area contributed by atoms with Crippen LogP contribution in [0.15, 0.2) is 42.5 Å². The van der Waals surface area contributed by atoms with Crippen LogP contribution >= 0.6 is 0 Å². The highest BCUT2D eigenvalue weighted by Gasteiger charge is 2.13. The van der Waals surface area contributed by atoms with Crippen LogP contribution < -0.4 is 5.32 Å². The number of hydrogen-bond acceptors (Lipinski definition) is 3. The molecule has 1 aromatic heterocycles. The summed E-state index contributed by atoms with van der Waals surface area (Å²) in [5, 5.41) is 5.54. The maximum absolute atomic E-state index is 11.8. The minimum absolute atomic E-state index is 0.303. The van der Waals surface area contributed by atoms with E-state index >= 15 is 0 Å². The lowest BCUT2D eigenvalue weighted by molar-refractivity contribution is 0.0601. The number of esters is 1. The zero-order valence-electron chi connectivity index (χ0n) is 12.2. The molecule has 0 fully saturated rings. The highest BCUT2D eigenvalue weighted by atomic mass is 16.5. The van der Waals surface area contributed by atoms with Gasteiger partial charge < -0.3 is 14.6 Å². The number of hydrogen-bond donors (Lipinski definition) is 1. The molecule has 2 aromatic carbocycles.